The number of carbonyl (C=O) groups is 1. The number of methoxy groups -OCH3 is 1. The van der Waals surface area contributed by atoms with Gasteiger partial charge in [-0.3, -0.25) is 4.79 Å². The van der Waals surface area contributed by atoms with Crippen LogP contribution in [0.5, 0.6) is 0 Å². The van der Waals surface area contributed by atoms with Crippen LogP contribution in [0.3, 0.4) is 0 Å². The summed E-state index contributed by atoms with van der Waals surface area (Å²) in [7, 11) is 1.62. The maximum Gasteiger partial charge on any atom is 0.273 e. The largest absolute Gasteiger partial charge is 0.383 e. The minimum absolute atomic E-state index is 0.0726. The molecule has 0 aliphatic rings. The summed E-state index contributed by atoms with van der Waals surface area (Å²) in [5.41, 5.74) is 0.496. The van der Waals surface area contributed by atoms with Crippen LogP contribution in [-0.2, 0) is 11.3 Å². The topological polar surface area (TPSA) is 55.3 Å². The quantitative estimate of drug-likeness (QED) is 0.820. The number of nitrogens with zero attached hydrogens (tertiary/aromatic N) is 3. The molecular weight excluding hydrogens is 282 g/mol. The summed E-state index contributed by atoms with van der Waals surface area (Å²) >= 11 is 3.02. The minimum Gasteiger partial charge on any atom is -0.383 e. The number of rotatable bonds is 6. The Bertz CT molecular complexity index is 525. The third-order valence-corrected chi connectivity index (χ3v) is 4.04. The van der Waals surface area contributed by atoms with Crippen LogP contribution in [-0.4, -0.2) is 41.0 Å². The highest BCUT2D eigenvalue weighted by Crippen LogP contribution is 2.14. The number of hydrogen-bond donors (Lipinski definition) is 0. The average molecular weight is 297 g/mol. The summed E-state index contributed by atoms with van der Waals surface area (Å²) < 4.78 is 5.05. The van der Waals surface area contributed by atoms with E-state index >= 15 is 0 Å². The fraction of sp³-hybridized carbons (Fsp3) is 0.417. The number of carbonyl (C=O) groups excluding carboxylic acids is 1. The smallest absolute Gasteiger partial charge is 0.273 e. The SMILES string of the molecule is COCCN(Cc1nccs1)C(=O)c1csc(C)n1. The van der Waals surface area contributed by atoms with Gasteiger partial charge in [0.1, 0.15) is 10.7 Å². The Morgan fingerprint density at radius 2 is 2.32 bits per heavy atom. The monoisotopic (exact) mass is 297 g/mol. The zero-order chi connectivity index (χ0) is 13.7. The van der Waals surface area contributed by atoms with E-state index in [9.17, 15) is 4.79 Å². The third-order valence-electron chi connectivity index (χ3n) is 2.50. The van der Waals surface area contributed by atoms with Gasteiger partial charge in [0.2, 0.25) is 0 Å². The highest BCUT2D eigenvalue weighted by molar-refractivity contribution is 7.09. The summed E-state index contributed by atoms with van der Waals surface area (Å²) in [5, 5.41) is 5.50. The number of ether oxygens (including phenoxy) is 1. The minimum atomic E-state index is -0.0726. The lowest BCUT2D eigenvalue weighted by molar-refractivity contribution is 0.0675. The van der Waals surface area contributed by atoms with Crippen molar-refractivity contribution in [2.24, 2.45) is 0 Å². The van der Waals surface area contributed by atoms with Gasteiger partial charge in [-0.15, -0.1) is 22.7 Å². The first-order valence-electron chi connectivity index (χ1n) is 5.79. The van der Waals surface area contributed by atoms with Crippen molar-refractivity contribution >= 4 is 28.6 Å². The number of hydrogen-bond acceptors (Lipinski definition) is 6. The molecule has 0 bridgehead atoms. The van der Waals surface area contributed by atoms with Gasteiger partial charge in [-0.05, 0) is 6.92 Å². The first kappa shape index (κ1) is 14.1. The Kier molecular flexibility index (Phi) is 5.00. The molecular formula is C12H15N3O2S2. The molecule has 0 fully saturated rings. The molecule has 5 nitrogen and oxygen atoms in total. The van der Waals surface area contributed by atoms with Crippen molar-refractivity contribution in [1.29, 1.82) is 0 Å². The predicted molar refractivity (Wildman–Crippen MR) is 75.6 cm³/mol. The molecule has 0 atom stereocenters. The van der Waals surface area contributed by atoms with Crippen LogP contribution < -0.4 is 0 Å². The second kappa shape index (κ2) is 6.74. The summed E-state index contributed by atoms with van der Waals surface area (Å²) in [6.07, 6.45) is 1.74. The van der Waals surface area contributed by atoms with Crippen LogP contribution in [0.1, 0.15) is 20.5 Å². The van der Waals surface area contributed by atoms with E-state index in [1.165, 1.54) is 22.7 Å². The Balaban J connectivity index is 2.10. The van der Waals surface area contributed by atoms with E-state index < -0.39 is 0 Å². The van der Waals surface area contributed by atoms with Crippen molar-refractivity contribution in [1.82, 2.24) is 14.9 Å². The summed E-state index contributed by atoms with van der Waals surface area (Å²) in [4.78, 5) is 22.6. The number of aryl methyl sites for hydroxylation is 1. The molecule has 1 amide bonds. The molecule has 19 heavy (non-hydrogen) atoms. The van der Waals surface area contributed by atoms with Gasteiger partial charge in [0.05, 0.1) is 18.2 Å². The maximum absolute atomic E-state index is 12.4. The number of thiazole rings is 2. The average Bonchev–Trinajstić information content (AvgIpc) is 3.05. The van der Waals surface area contributed by atoms with Crippen molar-refractivity contribution in [3.05, 3.63) is 32.7 Å². The lowest BCUT2D eigenvalue weighted by Crippen LogP contribution is -2.33. The van der Waals surface area contributed by atoms with Crippen molar-refractivity contribution in [3.63, 3.8) is 0 Å². The van der Waals surface area contributed by atoms with Crippen molar-refractivity contribution in [2.75, 3.05) is 20.3 Å². The van der Waals surface area contributed by atoms with Crippen LogP contribution in [0.25, 0.3) is 0 Å². The predicted octanol–water partition coefficient (Wildman–Crippen LogP) is 2.20. The molecule has 2 aromatic rings. The third kappa shape index (κ3) is 3.82. The Morgan fingerprint density at radius 1 is 1.47 bits per heavy atom. The Labute approximate surface area is 119 Å². The standard InChI is InChI=1S/C12H15N3O2S2/c1-9-14-10(8-19-9)12(16)15(4-5-17-2)7-11-13-3-6-18-11/h3,6,8H,4-5,7H2,1-2H3. The van der Waals surface area contributed by atoms with Gasteiger partial charge in [0, 0.05) is 30.6 Å². The number of aromatic nitrogens is 2. The zero-order valence-corrected chi connectivity index (χ0v) is 12.5. The molecule has 7 heteroatoms. The zero-order valence-electron chi connectivity index (χ0n) is 10.8. The molecule has 0 saturated carbocycles. The number of amides is 1. The molecule has 0 unspecified atom stereocenters. The van der Waals surface area contributed by atoms with E-state index in [4.69, 9.17) is 4.74 Å². The second-order valence-electron chi connectivity index (χ2n) is 3.90. The van der Waals surface area contributed by atoms with E-state index in [1.54, 1.807) is 23.6 Å². The van der Waals surface area contributed by atoms with Gasteiger partial charge in [-0.1, -0.05) is 0 Å². The first-order chi connectivity index (χ1) is 9.20. The molecule has 2 aromatic heterocycles. The van der Waals surface area contributed by atoms with Gasteiger partial charge in [-0.2, -0.15) is 0 Å². The molecule has 0 N–H and O–H groups in total. The molecule has 0 radical (unpaired) electrons. The Hall–Kier alpha value is -1.31. The van der Waals surface area contributed by atoms with Crippen molar-refractivity contribution in [3.8, 4) is 0 Å². The molecule has 2 heterocycles. The Morgan fingerprint density at radius 3 is 2.89 bits per heavy atom. The highest BCUT2D eigenvalue weighted by atomic mass is 32.1. The van der Waals surface area contributed by atoms with Gasteiger partial charge >= 0.3 is 0 Å². The second-order valence-corrected chi connectivity index (χ2v) is 5.94. The van der Waals surface area contributed by atoms with Gasteiger partial charge in [0.15, 0.2) is 0 Å². The van der Waals surface area contributed by atoms with Crippen LogP contribution in [0.2, 0.25) is 0 Å². The lowest BCUT2D eigenvalue weighted by Gasteiger charge is -2.20. The molecule has 0 aromatic carbocycles. The molecule has 0 spiro atoms. The van der Waals surface area contributed by atoms with E-state index in [-0.39, 0.29) is 5.91 Å². The summed E-state index contributed by atoms with van der Waals surface area (Å²) in [6, 6.07) is 0. The van der Waals surface area contributed by atoms with Crippen LogP contribution >= 0.6 is 22.7 Å². The lowest BCUT2D eigenvalue weighted by atomic mass is 10.3. The normalized spacial score (nSPS) is 10.6. The molecule has 2 rings (SSSR count). The van der Waals surface area contributed by atoms with Gasteiger partial charge in [-0.25, -0.2) is 9.97 Å². The maximum atomic E-state index is 12.4. The van der Waals surface area contributed by atoms with E-state index in [1.807, 2.05) is 12.3 Å². The van der Waals surface area contributed by atoms with Crippen molar-refractivity contribution < 1.29 is 9.53 Å². The fourth-order valence-corrected chi connectivity index (χ4v) is 2.79. The van der Waals surface area contributed by atoms with Crippen LogP contribution in [0.4, 0.5) is 0 Å². The van der Waals surface area contributed by atoms with E-state index in [2.05, 4.69) is 9.97 Å². The highest BCUT2D eigenvalue weighted by Gasteiger charge is 2.19. The molecule has 102 valence electrons. The van der Waals surface area contributed by atoms with Gasteiger partial charge < -0.3 is 9.64 Å². The molecule has 0 saturated heterocycles. The van der Waals surface area contributed by atoms with E-state index in [0.29, 0.717) is 25.4 Å². The summed E-state index contributed by atoms with van der Waals surface area (Å²) in [5.74, 6) is -0.0726. The molecule has 0 aliphatic heterocycles. The molecule has 0 aliphatic carbocycles. The fourth-order valence-electron chi connectivity index (χ4n) is 1.57. The summed E-state index contributed by atoms with van der Waals surface area (Å²) in [6.45, 7) is 3.42. The van der Waals surface area contributed by atoms with E-state index in [0.717, 1.165) is 10.0 Å². The first-order valence-corrected chi connectivity index (χ1v) is 7.55. The van der Waals surface area contributed by atoms with Crippen molar-refractivity contribution in [2.45, 2.75) is 13.5 Å². The van der Waals surface area contributed by atoms with Crippen LogP contribution in [0.15, 0.2) is 17.0 Å². The van der Waals surface area contributed by atoms with Crippen LogP contribution in [0, 0.1) is 6.92 Å². The van der Waals surface area contributed by atoms with Gasteiger partial charge in [0.25, 0.3) is 5.91 Å².